The van der Waals surface area contributed by atoms with Crippen LogP contribution in [-0.2, 0) is 6.54 Å². The molecule has 1 N–H and O–H groups in total. The standard InChI is InChI=1S/C12H13N3/c1-2-4-12-11(3-1)14-8-10(15-12)7-13-9-5-6-9/h1-4,8-9,13H,5-7H2. The number of aromatic nitrogens is 2. The molecule has 0 bridgehead atoms. The molecule has 0 aliphatic heterocycles. The van der Waals surface area contributed by atoms with Crippen molar-refractivity contribution in [3.63, 3.8) is 0 Å². The van der Waals surface area contributed by atoms with Crippen LogP contribution in [0.3, 0.4) is 0 Å². The Kier molecular flexibility index (Phi) is 2.10. The minimum atomic E-state index is 0.721. The molecule has 1 aliphatic rings. The van der Waals surface area contributed by atoms with Gasteiger partial charge in [-0.3, -0.25) is 4.98 Å². The van der Waals surface area contributed by atoms with Crippen LogP contribution in [0.15, 0.2) is 30.5 Å². The van der Waals surface area contributed by atoms with Gasteiger partial charge < -0.3 is 5.32 Å². The van der Waals surface area contributed by atoms with Crippen LogP contribution in [0.4, 0.5) is 0 Å². The molecule has 15 heavy (non-hydrogen) atoms. The maximum atomic E-state index is 4.55. The van der Waals surface area contributed by atoms with Gasteiger partial charge in [-0.15, -0.1) is 0 Å². The summed E-state index contributed by atoms with van der Waals surface area (Å²) in [5, 5.41) is 3.44. The topological polar surface area (TPSA) is 37.8 Å². The van der Waals surface area contributed by atoms with E-state index < -0.39 is 0 Å². The number of fused-ring (bicyclic) bond motifs is 1. The lowest BCUT2D eigenvalue weighted by Crippen LogP contribution is -2.16. The highest BCUT2D eigenvalue weighted by Gasteiger charge is 2.20. The summed E-state index contributed by atoms with van der Waals surface area (Å²) in [6, 6.07) is 8.69. The average molecular weight is 199 g/mol. The van der Waals surface area contributed by atoms with Crippen LogP contribution in [-0.4, -0.2) is 16.0 Å². The zero-order valence-corrected chi connectivity index (χ0v) is 8.48. The summed E-state index contributed by atoms with van der Waals surface area (Å²) in [5.74, 6) is 0. The van der Waals surface area contributed by atoms with Crippen molar-refractivity contribution < 1.29 is 0 Å². The van der Waals surface area contributed by atoms with E-state index in [4.69, 9.17) is 0 Å². The Morgan fingerprint density at radius 2 is 2.00 bits per heavy atom. The van der Waals surface area contributed by atoms with Gasteiger partial charge in [0.1, 0.15) is 0 Å². The van der Waals surface area contributed by atoms with Crippen molar-refractivity contribution in [3.8, 4) is 0 Å². The quantitative estimate of drug-likeness (QED) is 0.820. The monoisotopic (exact) mass is 199 g/mol. The van der Waals surface area contributed by atoms with Crippen LogP contribution >= 0.6 is 0 Å². The van der Waals surface area contributed by atoms with Gasteiger partial charge in [0.2, 0.25) is 0 Å². The molecular formula is C12H13N3. The molecule has 0 amide bonds. The van der Waals surface area contributed by atoms with Crippen molar-refractivity contribution in [2.45, 2.75) is 25.4 Å². The molecule has 1 aromatic heterocycles. The van der Waals surface area contributed by atoms with Crippen molar-refractivity contribution >= 4 is 11.0 Å². The van der Waals surface area contributed by atoms with E-state index in [1.165, 1.54) is 12.8 Å². The summed E-state index contributed by atoms with van der Waals surface area (Å²) in [6.45, 7) is 0.836. The van der Waals surface area contributed by atoms with Crippen LogP contribution in [0.25, 0.3) is 11.0 Å². The van der Waals surface area contributed by atoms with Crippen LogP contribution in [0, 0.1) is 0 Å². The summed E-state index contributed by atoms with van der Waals surface area (Å²) < 4.78 is 0. The summed E-state index contributed by atoms with van der Waals surface area (Å²) in [7, 11) is 0. The van der Waals surface area contributed by atoms with E-state index >= 15 is 0 Å². The largest absolute Gasteiger partial charge is 0.308 e. The van der Waals surface area contributed by atoms with E-state index in [-0.39, 0.29) is 0 Å². The van der Waals surface area contributed by atoms with Crippen LogP contribution in [0.5, 0.6) is 0 Å². The first kappa shape index (κ1) is 8.80. The second kappa shape index (κ2) is 3.59. The van der Waals surface area contributed by atoms with E-state index in [1.54, 1.807) is 0 Å². The molecule has 1 aliphatic carbocycles. The molecule has 2 aromatic rings. The normalized spacial score (nSPS) is 15.7. The number of para-hydroxylation sites is 2. The van der Waals surface area contributed by atoms with Gasteiger partial charge >= 0.3 is 0 Å². The van der Waals surface area contributed by atoms with Gasteiger partial charge in [0.05, 0.1) is 22.9 Å². The van der Waals surface area contributed by atoms with Gasteiger partial charge in [-0.25, -0.2) is 4.98 Å². The van der Waals surface area contributed by atoms with Crippen molar-refractivity contribution in [3.05, 3.63) is 36.2 Å². The first-order chi connectivity index (χ1) is 7.42. The third-order valence-electron chi connectivity index (χ3n) is 2.65. The Hall–Kier alpha value is -1.48. The molecule has 0 saturated heterocycles. The van der Waals surface area contributed by atoms with Crippen LogP contribution in [0.1, 0.15) is 18.5 Å². The molecule has 0 radical (unpaired) electrons. The summed E-state index contributed by atoms with van der Waals surface area (Å²) in [6.07, 6.45) is 4.47. The van der Waals surface area contributed by atoms with Gasteiger partial charge in [-0.2, -0.15) is 0 Å². The Morgan fingerprint density at radius 3 is 2.80 bits per heavy atom. The highest BCUT2D eigenvalue weighted by atomic mass is 15.0. The van der Waals surface area contributed by atoms with Crippen molar-refractivity contribution in [2.24, 2.45) is 0 Å². The second-order valence-corrected chi connectivity index (χ2v) is 4.01. The predicted molar refractivity (Wildman–Crippen MR) is 59.4 cm³/mol. The Bertz CT molecular complexity index is 477. The summed E-state index contributed by atoms with van der Waals surface area (Å²) in [4.78, 5) is 8.93. The Labute approximate surface area is 88.6 Å². The molecule has 0 atom stereocenters. The molecule has 3 rings (SSSR count). The fourth-order valence-corrected chi connectivity index (χ4v) is 1.62. The minimum Gasteiger partial charge on any atom is -0.308 e. The lowest BCUT2D eigenvalue weighted by Gasteiger charge is -2.03. The molecule has 1 saturated carbocycles. The molecule has 0 unspecified atom stereocenters. The number of hydrogen-bond donors (Lipinski definition) is 1. The highest BCUT2D eigenvalue weighted by molar-refractivity contribution is 5.73. The maximum absolute atomic E-state index is 4.55. The number of nitrogens with zero attached hydrogens (tertiary/aromatic N) is 2. The molecule has 1 aromatic carbocycles. The van der Waals surface area contributed by atoms with E-state index in [9.17, 15) is 0 Å². The third-order valence-corrected chi connectivity index (χ3v) is 2.65. The van der Waals surface area contributed by atoms with E-state index in [0.29, 0.717) is 0 Å². The number of hydrogen-bond acceptors (Lipinski definition) is 3. The fourth-order valence-electron chi connectivity index (χ4n) is 1.62. The van der Waals surface area contributed by atoms with Crippen molar-refractivity contribution in [1.29, 1.82) is 0 Å². The summed E-state index contributed by atoms with van der Waals surface area (Å²) in [5.41, 5.74) is 2.97. The van der Waals surface area contributed by atoms with Crippen LogP contribution in [0.2, 0.25) is 0 Å². The first-order valence-electron chi connectivity index (χ1n) is 5.36. The number of nitrogens with one attached hydrogen (secondary N) is 1. The zero-order valence-electron chi connectivity index (χ0n) is 8.48. The fraction of sp³-hybridized carbons (Fsp3) is 0.333. The van der Waals surface area contributed by atoms with E-state index in [1.807, 2.05) is 30.5 Å². The lowest BCUT2D eigenvalue weighted by molar-refractivity contribution is 0.674. The van der Waals surface area contributed by atoms with E-state index in [0.717, 1.165) is 29.3 Å². The van der Waals surface area contributed by atoms with Gasteiger partial charge in [0.15, 0.2) is 0 Å². The molecule has 3 heteroatoms. The van der Waals surface area contributed by atoms with Gasteiger partial charge in [-0.05, 0) is 25.0 Å². The molecule has 1 fully saturated rings. The number of rotatable bonds is 3. The van der Waals surface area contributed by atoms with E-state index in [2.05, 4.69) is 15.3 Å². The highest BCUT2D eigenvalue weighted by Crippen LogP contribution is 2.19. The second-order valence-electron chi connectivity index (χ2n) is 4.01. The number of benzene rings is 1. The maximum Gasteiger partial charge on any atom is 0.0890 e. The third kappa shape index (κ3) is 1.97. The van der Waals surface area contributed by atoms with Crippen molar-refractivity contribution in [2.75, 3.05) is 0 Å². The lowest BCUT2D eigenvalue weighted by atomic mass is 10.3. The molecular weight excluding hydrogens is 186 g/mol. The average Bonchev–Trinajstić information content (AvgIpc) is 3.10. The molecule has 3 nitrogen and oxygen atoms in total. The van der Waals surface area contributed by atoms with Crippen LogP contribution < -0.4 is 5.32 Å². The smallest absolute Gasteiger partial charge is 0.0890 e. The van der Waals surface area contributed by atoms with Gasteiger partial charge in [-0.1, -0.05) is 12.1 Å². The Balaban J connectivity index is 1.84. The molecule has 1 heterocycles. The summed E-state index contributed by atoms with van der Waals surface area (Å²) >= 11 is 0. The molecule has 76 valence electrons. The predicted octanol–water partition coefficient (Wildman–Crippen LogP) is 1.88. The minimum absolute atomic E-state index is 0.721. The van der Waals surface area contributed by atoms with Gasteiger partial charge in [0.25, 0.3) is 0 Å². The van der Waals surface area contributed by atoms with Gasteiger partial charge in [0, 0.05) is 12.6 Å². The SMILES string of the molecule is c1ccc2nc(CNC3CC3)cnc2c1. The Morgan fingerprint density at radius 1 is 1.20 bits per heavy atom. The first-order valence-corrected chi connectivity index (χ1v) is 5.36. The zero-order chi connectivity index (χ0) is 10.1. The molecule has 0 spiro atoms. The van der Waals surface area contributed by atoms with Crippen molar-refractivity contribution in [1.82, 2.24) is 15.3 Å².